The maximum atomic E-state index is 12.2. The van der Waals surface area contributed by atoms with E-state index in [1.165, 1.54) is 0 Å². The fourth-order valence-corrected chi connectivity index (χ4v) is 3.04. The summed E-state index contributed by atoms with van der Waals surface area (Å²) in [6.45, 7) is 0.878. The average molecular weight is 308 g/mol. The van der Waals surface area contributed by atoms with Crippen LogP contribution in [0.1, 0.15) is 24.8 Å². The molecule has 4 nitrogen and oxygen atoms in total. The van der Waals surface area contributed by atoms with E-state index in [2.05, 4.69) is 5.32 Å². The van der Waals surface area contributed by atoms with Crippen molar-refractivity contribution >= 4 is 23.6 Å². The summed E-state index contributed by atoms with van der Waals surface area (Å²) in [6, 6.07) is 5.37. The van der Waals surface area contributed by atoms with E-state index in [1.807, 2.05) is 12.1 Å². The topological polar surface area (TPSA) is 58.6 Å². The van der Waals surface area contributed by atoms with E-state index < -0.39 is 0 Å². The van der Waals surface area contributed by atoms with Crippen LogP contribution in [0.15, 0.2) is 23.8 Å². The summed E-state index contributed by atoms with van der Waals surface area (Å²) in [6.07, 6.45) is 4.18. The Morgan fingerprint density at radius 1 is 1.43 bits per heavy atom. The number of halogens is 1. The van der Waals surface area contributed by atoms with Crippen LogP contribution in [0.25, 0.3) is 6.08 Å². The van der Waals surface area contributed by atoms with Gasteiger partial charge in [0.1, 0.15) is 12.4 Å². The minimum atomic E-state index is -0.210. The van der Waals surface area contributed by atoms with Gasteiger partial charge in [0, 0.05) is 17.1 Å². The van der Waals surface area contributed by atoms with Crippen molar-refractivity contribution in [3.63, 3.8) is 0 Å². The van der Waals surface area contributed by atoms with Crippen LogP contribution in [-0.2, 0) is 4.79 Å². The molecule has 2 N–H and O–H groups in total. The van der Waals surface area contributed by atoms with Crippen LogP contribution in [0.5, 0.6) is 5.75 Å². The molecule has 0 aromatic heterocycles. The van der Waals surface area contributed by atoms with Gasteiger partial charge in [0.2, 0.25) is 0 Å². The van der Waals surface area contributed by atoms with E-state index in [0.717, 1.165) is 30.6 Å². The maximum Gasteiger partial charge on any atom is 0.250 e. The molecule has 1 fully saturated rings. The third-order valence-corrected chi connectivity index (χ3v) is 4.28. The minimum absolute atomic E-state index is 0.109. The standard InChI is InChI=1S/C16H18ClNO3/c17-13-2-4-15-11(7-13)6-12(9-21-15)16(20)18-8-10-1-3-14(19)5-10/h2,4,6-7,10,14,19H,1,3,5,8-9H2,(H,18,20). The molecule has 1 aliphatic carbocycles. The van der Waals surface area contributed by atoms with E-state index in [1.54, 1.807) is 12.1 Å². The number of nitrogens with one attached hydrogen (secondary N) is 1. The van der Waals surface area contributed by atoms with Crippen molar-refractivity contribution in [1.29, 1.82) is 0 Å². The molecule has 2 aliphatic rings. The lowest BCUT2D eigenvalue weighted by molar-refractivity contribution is -0.118. The van der Waals surface area contributed by atoms with Gasteiger partial charge >= 0.3 is 0 Å². The molecule has 0 radical (unpaired) electrons. The molecule has 5 heteroatoms. The van der Waals surface area contributed by atoms with Crippen molar-refractivity contribution in [2.24, 2.45) is 5.92 Å². The van der Waals surface area contributed by atoms with Gasteiger partial charge in [-0.1, -0.05) is 11.6 Å². The molecule has 1 amide bonds. The Hall–Kier alpha value is -1.52. The molecule has 0 bridgehead atoms. The number of carbonyl (C=O) groups excluding carboxylic acids is 1. The molecule has 1 aromatic rings. The van der Waals surface area contributed by atoms with Crippen LogP contribution < -0.4 is 10.1 Å². The molecular weight excluding hydrogens is 290 g/mol. The summed E-state index contributed by atoms with van der Waals surface area (Å²) in [5.74, 6) is 1.01. The number of aliphatic hydroxyl groups is 1. The number of benzene rings is 1. The highest BCUT2D eigenvalue weighted by Crippen LogP contribution is 2.29. The lowest BCUT2D eigenvalue weighted by Crippen LogP contribution is -2.32. The molecule has 112 valence electrons. The smallest absolute Gasteiger partial charge is 0.250 e. The van der Waals surface area contributed by atoms with Crippen LogP contribution in [0.2, 0.25) is 5.02 Å². The van der Waals surface area contributed by atoms with Crippen molar-refractivity contribution < 1.29 is 14.6 Å². The third kappa shape index (κ3) is 3.39. The van der Waals surface area contributed by atoms with E-state index in [0.29, 0.717) is 23.1 Å². The zero-order valence-corrected chi connectivity index (χ0v) is 12.4. The molecule has 21 heavy (non-hydrogen) atoms. The van der Waals surface area contributed by atoms with E-state index in [-0.39, 0.29) is 18.6 Å². The monoisotopic (exact) mass is 307 g/mol. The summed E-state index contributed by atoms with van der Waals surface area (Å²) in [7, 11) is 0. The highest BCUT2D eigenvalue weighted by molar-refractivity contribution is 6.30. The molecule has 1 aromatic carbocycles. The number of amides is 1. The first kappa shape index (κ1) is 14.4. The van der Waals surface area contributed by atoms with E-state index >= 15 is 0 Å². The van der Waals surface area contributed by atoms with Crippen LogP contribution in [0.4, 0.5) is 0 Å². The van der Waals surface area contributed by atoms with Crippen molar-refractivity contribution in [3.8, 4) is 5.75 Å². The van der Waals surface area contributed by atoms with Gasteiger partial charge in [-0.05, 0) is 49.5 Å². The van der Waals surface area contributed by atoms with Crippen LogP contribution in [0, 0.1) is 5.92 Å². The number of rotatable bonds is 3. The second-order valence-corrected chi connectivity index (χ2v) is 6.12. The molecule has 2 atom stereocenters. The first-order chi connectivity index (χ1) is 10.1. The van der Waals surface area contributed by atoms with Gasteiger partial charge in [0.05, 0.1) is 11.7 Å². The second-order valence-electron chi connectivity index (χ2n) is 5.68. The molecule has 1 saturated carbocycles. The maximum absolute atomic E-state index is 12.2. The minimum Gasteiger partial charge on any atom is -0.488 e. The highest BCUT2D eigenvalue weighted by Gasteiger charge is 2.24. The fourth-order valence-electron chi connectivity index (χ4n) is 2.86. The quantitative estimate of drug-likeness (QED) is 0.901. The Balaban J connectivity index is 1.63. The third-order valence-electron chi connectivity index (χ3n) is 4.04. The number of hydrogen-bond acceptors (Lipinski definition) is 3. The summed E-state index contributed by atoms with van der Waals surface area (Å²) in [5.41, 5.74) is 1.43. The van der Waals surface area contributed by atoms with E-state index in [4.69, 9.17) is 16.3 Å². The van der Waals surface area contributed by atoms with Gasteiger partial charge in [-0.25, -0.2) is 0 Å². The Morgan fingerprint density at radius 3 is 3.05 bits per heavy atom. The lowest BCUT2D eigenvalue weighted by atomic mass is 10.1. The van der Waals surface area contributed by atoms with Gasteiger partial charge in [0.25, 0.3) is 5.91 Å². The van der Waals surface area contributed by atoms with Crippen LogP contribution in [0.3, 0.4) is 0 Å². The normalized spacial score (nSPS) is 24.0. The summed E-state index contributed by atoms with van der Waals surface area (Å²) in [4.78, 5) is 12.2. The predicted octanol–water partition coefficient (Wildman–Crippen LogP) is 2.39. The van der Waals surface area contributed by atoms with Gasteiger partial charge in [0.15, 0.2) is 0 Å². The van der Waals surface area contributed by atoms with Gasteiger partial charge in [-0.3, -0.25) is 4.79 Å². The number of ether oxygens (including phenoxy) is 1. The van der Waals surface area contributed by atoms with Gasteiger partial charge in [-0.15, -0.1) is 0 Å². The van der Waals surface area contributed by atoms with E-state index in [9.17, 15) is 9.90 Å². The second kappa shape index (κ2) is 6.08. The average Bonchev–Trinajstić information content (AvgIpc) is 2.89. The van der Waals surface area contributed by atoms with Crippen LogP contribution in [-0.4, -0.2) is 30.3 Å². The van der Waals surface area contributed by atoms with Crippen LogP contribution >= 0.6 is 11.6 Å². The highest BCUT2D eigenvalue weighted by atomic mass is 35.5. The SMILES string of the molecule is O=C(NCC1CCC(O)C1)C1=Cc2cc(Cl)ccc2OC1. The number of hydrogen-bond donors (Lipinski definition) is 2. The van der Waals surface area contributed by atoms with Crippen molar-refractivity contribution in [3.05, 3.63) is 34.4 Å². The van der Waals surface area contributed by atoms with Crippen molar-refractivity contribution in [2.45, 2.75) is 25.4 Å². The first-order valence-corrected chi connectivity index (χ1v) is 7.59. The van der Waals surface area contributed by atoms with Gasteiger partial charge < -0.3 is 15.2 Å². The summed E-state index contributed by atoms with van der Waals surface area (Å²) in [5, 5.41) is 13.0. The Morgan fingerprint density at radius 2 is 2.29 bits per heavy atom. The lowest BCUT2D eigenvalue weighted by Gasteiger charge is -2.18. The van der Waals surface area contributed by atoms with Gasteiger partial charge in [-0.2, -0.15) is 0 Å². The molecule has 3 rings (SSSR count). The Labute approximate surface area is 128 Å². The first-order valence-electron chi connectivity index (χ1n) is 7.21. The van der Waals surface area contributed by atoms with Crippen molar-refractivity contribution in [2.75, 3.05) is 13.2 Å². The van der Waals surface area contributed by atoms with Crippen molar-refractivity contribution in [1.82, 2.24) is 5.32 Å². The zero-order chi connectivity index (χ0) is 14.8. The number of aliphatic hydroxyl groups excluding tert-OH is 1. The molecule has 2 unspecified atom stereocenters. The predicted molar refractivity (Wildman–Crippen MR) is 81.3 cm³/mol. The molecular formula is C16H18ClNO3. The number of carbonyl (C=O) groups is 1. The number of fused-ring (bicyclic) bond motifs is 1. The largest absolute Gasteiger partial charge is 0.488 e. The summed E-state index contributed by atoms with van der Waals surface area (Å²) < 4.78 is 5.57. The molecule has 1 aliphatic heterocycles. The fraction of sp³-hybridized carbons (Fsp3) is 0.438. The molecule has 0 saturated heterocycles. The Kier molecular flexibility index (Phi) is 4.17. The Bertz CT molecular complexity index is 585. The summed E-state index contributed by atoms with van der Waals surface area (Å²) >= 11 is 5.96. The zero-order valence-electron chi connectivity index (χ0n) is 11.6. The molecule has 1 heterocycles. The molecule has 0 spiro atoms.